The van der Waals surface area contributed by atoms with E-state index < -0.39 is 0 Å². The van der Waals surface area contributed by atoms with Crippen molar-refractivity contribution in [3.05, 3.63) is 29.3 Å². The smallest absolute Gasteiger partial charge is 0.164 e. The lowest BCUT2D eigenvalue weighted by Gasteiger charge is -2.22. The largest absolute Gasteiger partial charge is 0.314 e. The van der Waals surface area contributed by atoms with Crippen LogP contribution in [0, 0.1) is 0 Å². The second-order valence-electron chi connectivity index (χ2n) is 4.63. The molecule has 0 radical (unpaired) electrons. The number of hydrogen-bond donors (Lipinski definition) is 1. The zero-order chi connectivity index (χ0) is 13.1. The van der Waals surface area contributed by atoms with Crippen molar-refractivity contribution in [3.63, 3.8) is 0 Å². The van der Waals surface area contributed by atoms with E-state index in [0.29, 0.717) is 6.42 Å². The summed E-state index contributed by atoms with van der Waals surface area (Å²) >= 11 is 1.75. The zero-order valence-corrected chi connectivity index (χ0v) is 11.7. The van der Waals surface area contributed by atoms with Gasteiger partial charge < -0.3 is 5.21 Å². The normalized spacial score (nSPS) is 17.4. The number of carbonyl (C=O) groups excluding carboxylic acids is 1. The van der Waals surface area contributed by atoms with Gasteiger partial charge >= 0.3 is 0 Å². The summed E-state index contributed by atoms with van der Waals surface area (Å²) in [5.74, 6) is 1.24. The van der Waals surface area contributed by atoms with Crippen molar-refractivity contribution in [2.45, 2.75) is 37.1 Å². The maximum atomic E-state index is 12.0. The van der Waals surface area contributed by atoms with Crippen LogP contribution < -0.4 is 0 Å². The van der Waals surface area contributed by atoms with E-state index in [0.717, 1.165) is 34.6 Å². The first-order valence-corrected chi connectivity index (χ1v) is 7.33. The lowest BCUT2D eigenvalue weighted by atomic mass is 9.99. The molecular weight excluding hydrogens is 246 g/mol. The maximum absolute atomic E-state index is 12.0. The first-order chi connectivity index (χ1) is 8.63. The van der Waals surface area contributed by atoms with Gasteiger partial charge in [-0.15, -0.1) is 11.8 Å². The lowest BCUT2D eigenvalue weighted by Crippen LogP contribution is -2.20. The van der Waals surface area contributed by atoms with Crippen LogP contribution in [-0.2, 0) is 0 Å². The molecule has 0 amide bonds. The summed E-state index contributed by atoms with van der Waals surface area (Å²) in [7, 11) is 1.65. The van der Waals surface area contributed by atoms with E-state index in [4.69, 9.17) is 0 Å². The topological polar surface area (TPSA) is 40.5 Å². The molecule has 3 nitrogen and oxygen atoms in total. The molecule has 0 saturated carbocycles. The fourth-order valence-corrected chi connectivity index (χ4v) is 3.36. The molecule has 1 aliphatic rings. The number of carbonyl (C=O) groups is 1. The summed E-state index contributed by atoms with van der Waals surface area (Å²) in [6.45, 7) is 2.03. The second-order valence-corrected chi connectivity index (χ2v) is 5.77. The molecule has 0 bridgehead atoms. The molecule has 1 aromatic carbocycles. The number of fused-ring (bicyclic) bond motifs is 1. The molecule has 4 heteroatoms. The molecular formula is C14H19NO2S. The van der Waals surface area contributed by atoms with Crippen molar-refractivity contribution in [2.24, 2.45) is 0 Å². The third-order valence-corrected chi connectivity index (χ3v) is 4.49. The van der Waals surface area contributed by atoms with Gasteiger partial charge in [-0.3, -0.25) is 4.79 Å². The summed E-state index contributed by atoms with van der Waals surface area (Å²) in [5.41, 5.74) is 1.84. The summed E-state index contributed by atoms with van der Waals surface area (Å²) in [5, 5.41) is 10.9. The van der Waals surface area contributed by atoms with Crippen molar-refractivity contribution in [1.82, 2.24) is 5.06 Å². The van der Waals surface area contributed by atoms with Crippen LogP contribution in [0.4, 0.5) is 0 Å². The highest BCUT2D eigenvalue weighted by Gasteiger charge is 2.20. The first-order valence-electron chi connectivity index (χ1n) is 6.35. The number of benzene rings is 1. The van der Waals surface area contributed by atoms with Crippen molar-refractivity contribution in [2.75, 3.05) is 12.8 Å². The van der Waals surface area contributed by atoms with Crippen molar-refractivity contribution < 1.29 is 10.0 Å². The van der Waals surface area contributed by atoms with Crippen molar-refractivity contribution in [1.29, 1.82) is 0 Å². The van der Waals surface area contributed by atoms with Gasteiger partial charge in [0.2, 0.25) is 0 Å². The number of hydrogen-bond acceptors (Lipinski definition) is 4. The molecule has 98 valence electrons. The summed E-state index contributed by atoms with van der Waals surface area (Å²) < 4.78 is 0. The standard InChI is InChI=1S/C14H19NO2S/c1-3-12(15(2)17)10-6-7-14-11(9-10)13(16)5-4-8-18-14/h6-7,9,12,17H,3-5,8H2,1-2H3. The monoisotopic (exact) mass is 265 g/mol. The fourth-order valence-electron chi connectivity index (χ4n) is 2.36. The third kappa shape index (κ3) is 2.76. The molecule has 0 aromatic heterocycles. The van der Waals surface area contributed by atoms with Gasteiger partial charge in [0.05, 0.1) is 6.04 Å². The Hall–Kier alpha value is -0.840. The number of rotatable bonds is 3. The van der Waals surface area contributed by atoms with E-state index in [1.807, 2.05) is 25.1 Å². The predicted molar refractivity (Wildman–Crippen MR) is 73.3 cm³/mol. The summed E-state index contributed by atoms with van der Waals surface area (Å²) in [6.07, 6.45) is 2.40. The Balaban J connectivity index is 2.38. The van der Waals surface area contributed by atoms with E-state index >= 15 is 0 Å². The maximum Gasteiger partial charge on any atom is 0.164 e. The first kappa shape index (κ1) is 13.6. The number of nitrogens with zero attached hydrogens (tertiary/aromatic N) is 1. The van der Waals surface area contributed by atoms with E-state index in [1.165, 1.54) is 5.06 Å². The lowest BCUT2D eigenvalue weighted by molar-refractivity contribution is -0.105. The van der Waals surface area contributed by atoms with Crippen LogP contribution in [0.15, 0.2) is 23.1 Å². The minimum atomic E-state index is -0.0450. The predicted octanol–water partition coefficient (Wildman–Crippen LogP) is 3.53. The van der Waals surface area contributed by atoms with Crippen molar-refractivity contribution in [3.8, 4) is 0 Å². The van der Waals surface area contributed by atoms with Crippen LogP contribution in [0.25, 0.3) is 0 Å². The highest BCUT2D eigenvalue weighted by Crippen LogP contribution is 2.32. The molecule has 2 rings (SSSR count). The van der Waals surface area contributed by atoms with Crippen LogP contribution in [0.3, 0.4) is 0 Å². The van der Waals surface area contributed by atoms with Crippen molar-refractivity contribution >= 4 is 17.5 Å². The minimum absolute atomic E-state index is 0.0450. The Kier molecular flexibility index (Phi) is 4.43. The number of thioether (sulfide) groups is 1. The molecule has 1 aliphatic heterocycles. The van der Waals surface area contributed by atoms with Gasteiger partial charge in [-0.05, 0) is 36.3 Å². The molecule has 1 N–H and O–H groups in total. The van der Waals surface area contributed by atoms with Crippen LogP contribution >= 0.6 is 11.8 Å². The Labute approximate surface area is 112 Å². The van der Waals surface area contributed by atoms with E-state index in [1.54, 1.807) is 18.8 Å². The average molecular weight is 265 g/mol. The molecule has 18 heavy (non-hydrogen) atoms. The van der Waals surface area contributed by atoms with Gasteiger partial charge in [-0.25, -0.2) is 0 Å². The molecule has 0 aliphatic carbocycles. The quantitative estimate of drug-likeness (QED) is 0.849. The zero-order valence-electron chi connectivity index (χ0n) is 10.8. The highest BCUT2D eigenvalue weighted by molar-refractivity contribution is 7.99. The number of ketones is 1. The highest BCUT2D eigenvalue weighted by atomic mass is 32.2. The Morgan fingerprint density at radius 2 is 2.28 bits per heavy atom. The Morgan fingerprint density at radius 3 is 2.94 bits per heavy atom. The SMILES string of the molecule is CCC(c1ccc2c(c1)C(=O)CCCS2)N(C)O. The van der Waals surface area contributed by atoms with Gasteiger partial charge in [0.1, 0.15) is 0 Å². The summed E-state index contributed by atoms with van der Waals surface area (Å²) in [4.78, 5) is 13.1. The molecule has 1 atom stereocenters. The molecule has 0 fully saturated rings. The molecule has 1 heterocycles. The second kappa shape index (κ2) is 5.87. The fraction of sp³-hybridized carbons (Fsp3) is 0.500. The number of Topliss-reactive ketones (excluding diaryl/α,β-unsaturated/α-hetero) is 1. The minimum Gasteiger partial charge on any atom is -0.314 e. The molecule has 0 saturated heterocycles. The van der Waals surface area contributed by atoms with Gasteiger partial charge in [0.15, 0.2) is 5.78 Å². The summed E-state index contributed by atoms with van der Waals surface area (Å²) in [6, 6.07) is 5.95. The van der Waals surface area contributed by atoms with Gasteiger partial charge in [-0.2, -0.15) is 5.06 Å². The molecule has 1 unspecified atom stereocenters. The van der Waals surface area contributed by atoms with Crippen LogP contribution in [0.1, 0.15) is 48.1 Å². The van der Waals surface area contributed by atoms with Crippen LogP contribution in [0.5, 0.6) is 0 Å². The van der Waals surface area contributed by atoms with E-state index in [9.17, 15) is 10.0 Å². The number of hydroxylamine groups is 2. The average Bonchev–Trinajstić information content (AvgIpc) is 2.52. The Bertz CT molecular complexity index is 445. The Morgan fingerprint density at radius 1 is 1.50 bits per heavy atom. The van der Waals surface area contributed by atoms with E-state index in [-0.39, 0.29) is 11.8 Å². The van der Waals surface area contributed by atoms with Crippen LogP contribution in [0.2, 0.25) is 0 Å². The third-order valence-electron chi connectivity index (χ3n) is 3.33. The van der Waals surface area contributed by atoms with Gasteiger partial charge in [0, 0.05) is 23.9 Å². The van der Waals surface area contributed by atoms with E-state index in [2.05, 4.69) is 0 Å². The molecule has 1 aromatic rings. The molecule has 0 spiro atoms. The van der Waals surface area contributed by atoms with Gasteiger partial charge in [0.25, 0.3) is 0 Å². The van der Waals surface area contributed by atoms with Crippen LogP contribution in [-0.4, -0.2) is 28.9 Å². The van der Waals surface area contributed by atoms with Gasteiger partial charge in [-0.1, -0.05) is 13.0 Å².